The molecule has 0 spiro atoms. The van der Waals surface area contributed by atoms with E-state index in [-0.39, 0.29) is 55.3 Å². The molecular weight excluding hydrogens is 757 g/mol. The Kier molecular flexibility index (Phi) is 11.9. The van der Waals surface area contributed by atoms with E-state index in [1.165, 1.54) is 4.90 Å². The highest BCUT2D eigenvalue weighted by molar-refractivity contribution is 7.13. The number of thiazole rings is 1. The Balaban J connectivity index is 0.858. The lowest BCUT2D eigenvalue weighted by molar-refractivity contribution is -0.144. The first-order valence-electron chi connectivity index (χ1n) is 19.7. The lowest BCUT2D eigenvalue weighted by atomic mass is 9.85. The number of aromatic nitrogens is 4. The molecule has 3 atom stereocenters. The highest BCUT2D eigenvalue weighted by Crippen LogP contribution is 2.33. The van der Waals surface area contributed by atoms with Gasteiger partial charge in [-0.3, -0.25) is 19.2 Å². The van der Waals surface area contributed by atoms with Crippen LogP contribution in [0, 0.1) is 12.3 Å². The Morgan fingerprint density at radius 2 is 1.72 bits per heavy atom. The number of H-pyrrole nitrogens is 1. The molecule has 4 amide bonds. The number of nitrogens with one attached hydrogen (secondary N) is 3. The molecule has 0 bridgehead atoms. The molecule has 0 unspecified atom stereocenters. The summed E-state index contributed by atoms with van der Waals surface area (Å²) in [6, 6.07) is 17.0. The smallest absolute Gasteiger partial charge is 0.246 e. The third-order valence-corrected chi connectivity index (χ3v) is 12.0. The minimum absolute atomic E-state index is 0.00328. The number of phenols is 1. The zero-order valence-electron chi connectivity index (χ0n) is 33.2. The van der Waals surface area contributed by atoms with Crippen molar-refractivity contribution < 1.29 is 29.4 Å². The van der Waals surface area contributed by atoms with Crippen molar-refractivity contribution in [3.63, 3.8) is 0 Å². The number of aromatic amines is 1. The minimum atomic E-state index is -0.921. The summed E-state index contributed by atoms with van der Waals surface area (Å²) in [5, 5.41) is 36.0. The Morgan fingerprint density at radius 1 is 0.983 bits per heavy atom. The van der Waals surface area contributed by atoms with Crippen LogP contribution in [0.5, 0.6) is 5.75 Å². The zero-order chi connectivity index (χ0) is 41.1. The predicted molar refractivity (Wildman–Crippen MR) is 220 cm³/mol. The number of rotatable bonds is 13. The zero-order valence-corrected chi connectivity index (χ0v) is 34.0. The van der Waals surface area contributed by atoms with Crippen LogP contribution >= 0.6 is 11.3 Å². The Labute approximate surface area is 341 Å². The molecule has 2 saturated heterocycles. The van der Waals surface area contributed by atoms with E-state index in [0.717, 1.165) is 32.8 Å². The number of amides is 4. The SMILES string of the molecule is Cc1ncsc1-c1ccc(CNC(=O)[C@@H]2C[C@@H](O)CN2C(=O)[C@@H](NC(=O)CCCCC(=O)N2CC(c3cc4cc(-c5ccccc5O)nnc4[nH]3)C2)C(C)(C)C)cc1. The summed E-state index contributed by atoms with van der Waals surface area (Å²) in [7, 11) is 0. The van der Waals surface area contributed by atoms with Crippen LogP contribution in [-0.2, 0) is 25.7 Å². The average Bonchev–Trinajstić information content (AvgIpc) is 3.91. The number of aliphatic hydroxyl groups excluding tert-OH is 1. The van der Waals surface area contributed by atoms with Crippen LogP contribution in [0.3, 0.4) is 0 Å². The number of β-amino-alcohol motifs (C(OH)–C–C–N with tert-alkyl or cyclic N) is 1. The van der Waals surface area contributed by atoms with E-state index in [0.29, 0.717) is 49.3 Å². The molecule has 2 aromatic carbocycles. The minimum Gasteiger partial charge on any atom is -0.507 e. The van der Waals surface area contributed by atoms with Crippen molar-refractivity contribution in [3.8, 4) is 27.4 Å². The van der Waals surface area contributed by atoms with Crippen molar-refractivity contribution in [2.75, 3.05) is 19.6 Å². The number of likely N-dealkylation sites (tertiary alicyclic amines) is 2. The number of benzene rings is 2. The average molecular weight is 807 g/mol. The number of phenolic OH excluding ortho intramolecular Hbond substituents is 1. The lowest BCUT2D eigenvalue weighted by Gasteiger charge is -2.39. The quantitative estimate of drug-likeness (QED) is 0.101. The normalized spacial score (nSPS) is 17.6. The molecule has 7 rings (SSSR count). The van der Waals surface area contributed by atoms with Gasteiger partial charge < -0.3 is 35.6 Å². The van der Waals surface area contributed by atoms with E-state index in [1.807, 2.05) is 75.7 Å². The van der Waals surface area contributed by atoms with Gasteiger partial charge in [-0.2, -0.15) is 0 Å². The van der Waals surface area contributed by atoms with E-state index in [9.17, 15) is 29.4 Å². The number of para-hydroxylation sites is 1. The predicted octanol–water partition coefficient (Wildman–Crippen LogP) is 5.06. The van der Waals surface area contributed by atoms with Gasteiger partial charge in [0.25, 0.3) is 0 Å². The van der Waals surface area contributed by atoms with Crippen LogP contribution in [0.2, 0.25) is 0 Å². The van der Waals surface area contributed by atoms with Crippen molar-refractivity contribution in [3.05, 3.63) is 83.1 Å². The van der Waals surface area contributed by atoms with E-state index in [4.69, 9.17) is 0 Å². The number of unbranched alkanes of at least 4 members (excludes halogenated alkanes) is 1. The molecule has 2 fully saturated rings. The summed E-state index contributed by atoms with van der Waals surface area (Å²) >= 11 is 1.57. The maximum absolute atomic E-state index is 14.0. The van der Waals surface area contributed by atoms with Crippen LogP contribution in [0.25, 0.3) is 32.7 Å². The van der Waals surface area contributed by atoms with Gasteiger partial charge in [-0.1, -0.05) is 57.2 Å². The number of hydrogen-bond donors (Lipinski definition) is 5. The van der Waals surface area contributed by atoms with Gasteiger partial charge >= 0.3 is 0 Å². The Bertz CT molecular complexity index is 2290. The highest BCUT2D eigenvalue weighted by Gasteiger charge is 2.44. The molecule has 0 saturated carbocycles. The van der Waals surface area contributed by atoms with Crippen molar-refractivity contribution >= 4 is 46.0 Å². The van der Waals surface area contributed by atoms with Crippen LogP contribution in [-0.4, -0.2) is 102 Å². The van der Waals surface area contributed by atoms with Gasteiger partial charge in [-0.15, -0.1) is 21.5 Å². The number of nitrogens with zero attached hydrogens (tertiary/aromatic N) is 5. The molecule has 58 heavy (non-hydrogen) atoms. The summed E-state index contributed by atoms with van der Waals surface area (Å²) in [5.74, 6) is -0.783. The molecule has 0 aliphatic carbocycles. The van der Waals surface area contributed by atoms with E-state index in [1.54, 1.807) is 34.4 Å². The highest BCUT2D eigenvalue weighted by atomic mass is 32.1. The summed E-state index contributed by atoms with van der Waals surface area (Å²) in [6.07, 6.45) is 0.684. The number of aromatic hydroxyl groups is 1. The molecule has 5 aromatic rings. The maximum Gasteiger partial charge on any atom is 0.246 e. The van der Waals surface area contributed by atoms with Gasteiger partial charge in [-0.25, -0.2) is 4.98 Å². The third-order valence-electron chi connectivity index (χ3n) is 11.0. The number of carbonyl (C=O) groups is 4. The summed E-state index contributed by atoms with van der Waals surface area (Å²) < 4.78 is 0. The number of carbonyl (C=O) groups excluding carboxylic acids is 4. The standard InChI is InChI=1S/C43H50N8O6S/c1-25-38(58-24-45-25)27-15-13-26(14-16-27)20-44-41(56)34-19-30(52)23-51(34)42(57)39(43(2,3)4)47-36(54)11-7-8-12-37(55)50-21-29(22-50)32-17-28-18-33(48-49-40(28)46-32)31-9-5-6-10-35(31)53/h5-6,9-10,13-18,24,29-30,34,39,52-53H,7-8,11-12,19-23H2,1-4H3,(H,44,56)(H,46,49)(H,47,54)/t30-,34+,39-/m1/s1. The van der Waals surface area contributed by atoms with Crippen molar-refractivity contribution in [2.45, 2.75) is 90.4 Å². The first-order chi connectivity index (χ1) is 27.7. The summed E-state index contributed by atoms with van der Waals surface area (Å²) in [4.78, 5) is 65.5. The monoisotopic (exact) mass is 806 g/mol. The summed E-state index contributed by atoms with van der Waals surface area (Å²) in [5.41, 5.74) is 6.86. The van der Waals surface area contributed by atoms with Gasteiger partial charge in [0.05, 0.1) is 27.9 Å². The first-order valence-corrected chi connectivity index (χ1v) is 20.6. The van der Waals surface area contributed by atoms with Crippen LogP contribution in [0.1, 0.15) is 75.7 Å². The molecule has 304 valence electrons. The van der Waals surface area contributed by atoms with Gasteiger partial charge in [0.2, 0.25) is 23.6 Å². The van der Waals surface area contributed by atoms with Crippen LogP contribution < -0.4 is 10.6 Å². The lowest BCUT2D eigenvalue weighted by Crippen LogP contribution is -2.57. The van der Waals surface area contributed by atoms with Gasteiger partial charge in [0.1, 0.15) is 17.8 Å². The molecule has 15 heteroatoms. The Morgan fingerprint density at radius 3 is 2.43 bits per heavy atom. The molecule has 14 nitrogen and oxygen atoms in total. The summed E-state index contributed by atoms with van der Waals surface area (Å²) in [6.45, 7) is 8.93. The molecule has 0 radical (unpaired) electrons. The number of aliphatic hydroxyl groups is 1. The molecule has 3 aromatic heterocycles. The first kappa shape index (κ1) is 40.5. The fourth-order valence-corrected chi connectivity index (χ4v) is 8.42. The van der Waals surface area contributed by atoms with Crippen LogP contribution in [0.15, 0.2) is 66.2 Å². The fraction of sp³-hybridized carbons (Fsp3) is 0.419. The van der Waals surface area contributed by atoms with Crippen molar-refractivity contribution in [1.82, 2.24) is 40.6 Å². The third kappa shape index (κ3) is 9.05. The second-order valence-electron chi connectivity index (χ2n) is 16.4. The molecular formula is C43H50N8O6S. The van der Waals surface area contributed by atoms with E-state index < -0.39 is 29.5 Å². The molecule has 2 aliphatic rings. The topological polar surface area (TPSA) is 194 Å². The van der Waals surface area contributed by atoms with Crippen molar-refractivity contribution in [1.29, 1.82) is 0 Å². The van der Waals surface area contributed by atoms with Gasteiger partial charge in [0, 0.05) is 68.0 Å². The number of aryl methyl sites for hydroxylation is 1. The second kappa shape index (κ2) is 17.0. The van der Waals surface area contributed by atoms with E-state index >= 15 is 0 Å². The fourth-order valence-electron chi connectivity index (χ4n) is 7.61. The number of hydrogen-bond acceptors (Lipinski definition) is 10. The number of fused-ring (bicyclic) bond motifs is 1. The van der Waals surface area contributed by atoms with Gasteiger partial charge in [0.15, 0.2) is 5.65 Å². The van der Waals surface area contributed by atoms with E-state index in [2.05, 4.69) is 30.8 Å². The molecule has 2 aliphatic heterocycles. The Hall–Kier alpha value is -5.67. The van der Waals surface area contributed by atoms with Crippen LogP contribution in [0.4, 0.5) is 0 Å². The molecule has 5 N–H and O–H groups in total. The molecule has 5 heterocycles. The van der Waals surface area contributed by atoms with Crippen molar-refractivity contribution in [2.24, 2.45) is 5.41 Å². The maximum atomic E-state index is 14.0. The largest absolute Gasteiger partial charge is 0.507 e. The van der Waals surface area contributed by atoms with Gasteiger partial charge in [-0.05, 0) is 60.6 Å². The second-order valence-corrected chi connectivity index (χ2v) is 17.3.